The lowest BCUT2D eigenvalue weighted by Gasteiger charge is -2.32. The third kappa shape index (κ3) is 4.77. The molecule has 0 spiro atoms. The minimum absolute atomic E-state index is 0.0648. The van der Waals surface area contributed by atoms with Gasteiger partial charge in [-0.15, -0.1) is 5.10 Å². The molecule has 8 nitrogen and oxygen atoms in total. The summed E-state index contributed by atoms with van der Waals surface area (Å²) in [5.74, 6) is 1.82. The molecule has 3 heterocycles. The summed E-state index contributed by atoms with van der Waals surface area (Å²) in [6.07, 6.45) is 1.83. The maximum Gasteiger partial charge on any atom is 0.254 e. The van der Waals surface area contributed by atoms with Gasteiger partial charge < -0.3 is 14.5 Å². The molecular weight excluding hydrogens is 440 g/mol. The number of carbonyl (C=O) groups excluding carboxylic acids is 1. The predicted molar refractivity (Wildman–Crippen MR) is 133 cm³/mol. The highest BCUT2D eigenvalue weighted by Crippen LogP contribution is 2.31. The Hall–Kier alpha value is -3.70. The fourth-order valence-corrected chi connectivity index (χ4v) is 5.03. The maximum atomic E-state index is 13.5. The molecule has 2 aliphatic rings. The number of aryl methyl sites for hydroxylation is 2. The van der Waals surface area contributed by atoms with E-state index in [4.69, 9.17) is 15.0 Å². The lowest BCUT2D eigenvalue weighted by atomic mass is 9.88. The van der Waals surface area contributed by atoms with Crippen molar-refractivity contribution in [2.24, 2.45) is 0 Å². The summed E-state index contributed by atoms with van der Waals surface area (Å²) in [6, 6.07) is 14.0. The molecule has 2 fully saturated rings. The van der Waals surface area contributed by atoms with Crippen molar-refractivity contribution in [3.8, 4) is 17.5 Å². The van der Waals surface area contributed by atoms with E-state index in [2.05, 4.69) is 27.2 Å². The Kier molecular flexibility index (Phi) is 6.51. The zero-order valence-electron chi connectivity index (χ0n) is 20.3. The van der Waals surface area contributed by atoms with E-state index in [1.54, 1.807) is 0 Å². The van der Waals surface area contributed by atoms with Gasteiger partial charge in [0.2, 0.25) is 5.95 Å². The van der Waals surface area contributed by atoms with Crippen LogP contribution in [0.2, 0.25) is 0 Å². The van der Waals surface area contributed by atoms with Crippen LogP contribution in [0.5, 0.6) is 0 Å². The van der Waals surface area contributed by atoms with Gasteiger partial charge in [0.05, 0.1) is 24.8 Å². The summed E-state index contributed by atoms with van der Waals surface area (Å²) in [5.41, 5.74) is 5.56. The quantitative estimate of drug-likeness (QED) is 0.623. The standard InChI is InChI=1S/C27H30N6O2/c1-18-15-19(2)24(16-23(18)25-29-27(31-30-25)33-11-13-35-14-12-33)26(34)32-9-7-22(8-10-32)21-5-3-20(17-28)4-6-21/h3-6,15-16,22H,7-14H2,1-2H3,(H,29,30,31). The van der Waals surface area contributed by atoms with Crippen molar-refractivity contribution in [3.05, 3.63) is 64.2 Å². The molecule has 0 atom stereocenters. The first kappa shape index (κ1) is 23.1. The Labute approximate surface area is 205 Å². The number of anilines is 1. The van der Waals surface area contributed by atoms with Crippen LogP contribution in [0.3, 0.4) is 0 Å². The van der Waals surface area contributed by atoms with Gasteiger partial charge in [-0.25, -0.2) is 0 Å². The number of nitrogens with one attached hydrogen (secondary N) is 1. The lowest BCUT2D eigenvalue weighted by Crippen LogP contribution is -2.38. The third-order valence-electron chi connectivity index (χ3n) is 7.12. The summed E-state index contributed by atoms with van der Waals surface area (Å²) in [7, 11) is 0. The van der Waals surface area contributed by atoms with Crippen LogP contribution in [0.4, 0.5) is 5.95 Å². The lowest BCUT2D eigenvalue weighted by molar-refractivity contribution is 0.0712. The van der Waals surface area contributed by atoms with E-state index in [1.165, 1.54) is 5.56 Å². The number of likely N-dealkylation sites (tertiary alicyclic amines) is 1. The molecule has 0 radical (unpaired) electrons. The van der Waals surface area contributed by atoms with E-state index in [0.717, 1.165) is 55.7 Å². The molecule has 0 unspecified atom stereocenters. The van der Waals surface area contributed by atoms with Crippen LogP contribution >= 0.6 is 0 Å². The molecule has 2 aromatic carbocycles. The van der Waals surface area contributed by atoms with Crippen molar-refractivity contribution in [2.45, 2.75) is 32.6 Å². The van der Waals surface area contributed by atoms with Gasteiger partial charge in [-0.2, -0.15) is 10.2 Å². The van der Waals surface area contributed by atoms with E-state index in [0.29, 0.717) is 42.0 Å². The van der Waals surface area contributed by atoms with Crippen LogP contribution < -0.4 is 4.90 Å². The minimum atomic E-state index is 0.0648. The molecular formula is C27H30N6O2. The van der Waals surface area contributed by atoms with Gasteiger partial charge in [0.15, 0.2) is 5.82 Å². The summed E-state index contributed by atoms with van der Waals surface area (Å²) in [4.78, 5) is 22.3. The van der Waals surface area contributed by atoms with Gasteiger partial charge in [-0.05, 0) is 67.5 Å². The second-order valence-corrected chi connectivity index (χ2v) is 9.37. The number of rotatable bonds is 4. The molecule has 8 heteroatoms. The average Bonchev–Trinajstić information content (AvgIpc) is 3.39. The summed E-state index contributed by atoms with van der Waals surface area (Å²) in [6.45, 7) is 8.36. The number of piperidine rings is 1. The molecule has 2 saturated heterocycles. The number of benzene rings is 2. The highest BCUT2D eigenvalue weighted by molar-refractivity contribution is 5.97. The Bertz CT molecular complexity index is 1250. The molecule has 1 amide bonds. The predicted octanol–water partition coefficient (Wildman–Crippen LogP) is 3.82. The fourth-order valence-electron chi connectivity index (χ4n) is 5.03. The maximum absolute atomic E-state index is 13.5. The normalized spacial score (nSPS) is 16.8. The Morgan fingerprint density at radius 3 is 2.46 bits per heavy atom. The van der Waals surface area contributed by atoms with Crippen molar-refractivity contribution in [3.63, 3.8) is 0 Å². The first-order valence-corrected chi connectivity index (χ1v) is 12.2. The summed E-state index contributed by atoms with van der Waals surface area (Å²) in [5, 5.41) is 16.5. The first-order valence-electron chi connectivity index (χ1n) is 12.2. The van der Waals surface area contributed by atoms with Crippen LogP contribution in [0.1, 0.15) is 51.4 Å². The molecule has 35 heavy (non-hydrogen) atoms. The Morgan fingerprint density at radius 2 is 1.77 bits per heavy atom. The van der Waals surface area contributed by atoms with Crippen LogP contribution in [-0.2, 0) is 4.74 Å². The molecule has 180 valence electrons. The first-order chi connectivity index (χ1) is 17.0. The minimum Gasteiger partial charge on any atom is -0.378 e. The number of hydrogen-bond donors (Lipinski definition) is 1. The molecule has 3 aromatic rings. The summed E-state index contributed by atoms with van der Waals surface area (Å²) >= 11 is 0. The van der Waals surface area contributed by atoms with Gasteiger partial charge in [-0.1, -0.05) is 18.2 Å². The van der Waals surface area contributed by atoms with Crippen LogP contribution in [0.25, 0.3) is 11.4 Å². The number of aromatic amines is 1. The number of nitriles is 1. The van der Waals surface area contributed by atoms with Crippen LogP contribution in [0, 0.1) is 25.2 Å². The van der Waals surface area contributed by atoms with Crippen molar-refractivity contribution < 1.29 is 9.53 Å². The number of morpholine rings is 1. The van der Waals surface area contributed by atoms with Crippen molar-refractivity contribution in [1.29, 1.82) is 5.26 Å². The Balaban J connectivity index is 1.31. The number of nitrogens with zero attached hydrogens (tertiary/aromatic N) is 5. The SMILES string of the molecule is Cc1cc(C)c(-c2nc(N3CCOCC3)n[nH]2)cc1C(=O)N1CCC(c2ccc(C#N)cc2)CC1. The fraction of sp³-hybridized carbons (Fsp3) is 0.407. The van der Waals surface area contributed by atoms with Gasteiger partial charge in [0, 0.05) is 37.3 Å². The largest absolute Gasteiger partial charge is 0.378 e. The number of ether oxygens (including phenoxy) is 1. The van der Waals surface area contributed by atoms with E-state index >= 15 is 0 Å². The molecule has 0 bridgehead atoms. The topological polar surface area (TPSA) is 98.1 Å². The van der Waals surface area contributed by atoms with Crippen LogP contribution in [-0.4, -0.2) is 65.4 Å². The van der Waals surface area contributed by atoms with E-state index in [1.807, 2.05) is 49.1 Å². The van der Waals surface area contributed by atoms with Crippen molar-refractivity contribution in [1.82, 2.24) is 20.1 Å². The average molecular weight is 471 g/mol. The van der Waals surface area contributed by atoms with Gasteiger partial charge in [0.1, 0.15) is 0 Å². The van der Waals surface area contributed by atoms with Gasteiger partial charge in [-0.3, -0.25) is 9.89 Å². The number of carbonyl (C=O) groups is 1. The Morgan fingerprint density at radius 1 is 1.06 bits per heavy atom. The van der Waals surface area contributed by atoms with E-state index < -0.39 is 0 Å². The second kappa shape index (κ2) is 9.88. The van der Waals surface area contributed by atoms with Gasteiger partial charge in [0.25, 0.3) is 5.91 Å². The van der Waals surface area contributed by atoms with Crippen molar-refractivity contribution in [2.75, 3.05) is 44.3 Å². The molecule has 1 aromatic heterocycles. The number of amides is 1. The summed E-state index contributed by atoms with van der Waals surface area (Å²) < 4.78 is 5.42. The molecule has 2 aliphatic heterocycles. The van der Waals surface area contributed by atoms with Crippen LogP contribution in [0.15, 0.2) is 36.4 Å². The zero-order valence-corrected chi connectivity index (χ0v) is 20.3. The number of hydrogen-bond acceptors (Lipinski definition) is 6. The monoisotopic (exact) mass is 470 g/mol. The highest BCUT2D eigenvalue weighted by atomic mass is 16.5. The number of H-pyrrole nitrogens is 1. The third-order valence-corrected chi connectivity index (χ3v) is 7.12. The van der Waals surface area contributed by atoms with E-state index in [9.17, 15) is 4.79 Å². The zero-order chi connectivity index (χ0) is 24.4. The smallest absolute Gasteiger partial charge is 0.254 e. The molecule has 1 N–H and O–H groups in total. The van der Waals surface area contributed by atoms with E-state index in [-0.39, 0.29) is 5.91 Å². The number of aromatic nitrogens is 3. The van der Waals surface area contributed by atoms with Gasteiger partial charge >= 0.3 is 0 Å². The van der Waals surface area contributed by atoms with Crippen molar-refractivity contribution >= 4 is 11.9 Å². The highest BCUT2D eigenvalue weighted by Gasteiger charge is 2.26. The molecule has 5 rings (SSSR count). The second-order valence-electron chi connectivity index (χ2n) is 9.37. The molecule has 0 aliphatic carbocycles. The molecule has 0 saturated carbocycles.